The third kappa shape index (κ3) is 2.94. The van der Waals surface area contributed by atoms with Gasteiger partial charge in [-0.25, -0.2) is 14.4 Å². The van der Waals surface area contributed by atoms with Crippen molar-refractivity contribution >= 4 is 22.4 Å². The molecule has 0 amide bonds. The van der Waals surface area contributed by atoms with E-state index in [-0.39, 0.29) is 11.2 Å². The highest BCUT2D eigenvalue weighted by atomic mass is 19.4. The van der Waals surface area contributed by atoms with E-state index in [0.717, 1.165) is 6.07 Å². The molecule has 4 nitrogen and oxygen atoms in total. The molecule has 3 rings (SSSR count). The first kappa shape index (κ1) is 16.0. The number of rotatable bonds is 3. The SMILES string of the molecule is COc1ccccc1Nc1nc(C(F)(F)F)nc2c(F)cccc12. The number of nitrogens with zero attached hydrogens (tertiary/aromatic N) is 2. The molecule has 0 bridgehead atoms. The van der Waals surface area contributed by atoms with E-state index in [1.807, 2.05) is 0 Å². The maximum atomic E-state index is 13.9. The molecule has 0 radical (unpaired) electrons. The predicted molar refractivity (Wildman–Crippen MR) is 80.8 cm³/mol. The van der Waals surface area contributed by atoms with Crippen molar-refractivity contribution in [2.24, 2.45) is 0 Å². The molecule has 0 fully saturated rings. The second kappa shape index (κ2) is 5.95. The number of hydrogen-bond acceptors (Lipinski definition) is 4. The third-order valence-corrected chi connectivity index (χ3v) is 3.29. The van der Waals surface area contributed by atoms with Gasteiger partial charge in [-0.05, 0) is 24.3 Å². The van der Waals surface area contributed by atoms with Crippen LogP contribution < -0.4 is 10.1 Å². The van der Waals surface area contributed by atoms with Crippen LogP contribution in [0.4, 0.5) is 29.1 Å². The van der Waals surface area contributed by atoms with Crippen LogP contribution in [-0.2, 0) is 6.18 Å². The number of alkyl halides is 3. The molecule has 8 heteroatoms. The highest BCUT2D eigenvalue weighted by Crippen LogP contribution is 2.34. The first-order valence-corrected chi connectivity index (χ1v) is 6.83. The van der Waals surface area contributed by atoms with E-state index in [4.69, 9.17) is 4.74 Å². The Bertz CT molecular complexity index is 896. The molecular weight excluding hydrogens is 326 g/mol. The number of benzene rings is 2. The van der Waals surface area contributed by atoms with E-state index in [1.54, 1.807) is 24.3 Å². The number of para-hydroxylation sites is 3. The summed E-state index contributed by atoms with van der Waals surface area (Å²) in [6, 6.07) is 10.5. The number of fused-ring (bicyclic) bond motifs is 1. The van der Waals surface area contributed by atoms with Gasteiger partial charge in [-0.2, -0.15) is 13.2 Å². The summed E-state index contributed by atoms with van der Waals surface area (Å²) in [4.78, 5) is 6.82. The van der Waals surface area contributed by atoms with E-state index in [1.165, 1.54) is 19.2 Å². The lowest BCUT2D eigenvalue weighted by Gasteiger charge is -2.14. The van der Waals surface area contributed by atoms with Crippen molar-refractivity contribution in [3.05, 3.63) is 54.1 Å². The molecule has 0 saturated carbocycles. The van der Waals surface area contributed by atoms with Crippen LogP contribution in [-0.4, -0.2) is 17.1 Å². The van der Waals surface area contributed by atoms with Crippen molar-refractivity contribution < 1.29 is 22.3 Å². The maximum absolute atomic E-state index is 13.9. The average Bonchev–Trinajstić information content (AvgIpc) is 2.55. The van der Waals surface area contributed by atoms with E-state index >= 15 is 0 Å². The maximum Gasteiger partial charge on any atom is 0.451 e. The molecule has 0 aliphatic carbocycles. The van der Waals surface area contributed by atoms with Crippen LogP contribution in [0.2, 0.25) is 0 Å². The van der Waals surface area contributed by atoms with Crippen LogP contribution >= 0.6 is 0 Å². The van der Waals surface area contributed by atoms with E-state index in [2.05, 4.69) is 15.3 Å². The van der Waals surface area contributed by atoms with Crippen molar-refractivity contribution in [3.8, 4) is 5.75 Å². The molecule has 2 aromatic carbocycles. The zero-order valence-corrected chi connectivity index (χ0v) is 12.4. The number of anilines is 2. The summed E-state index contributed by atoms with van der Waals surface area (Å²) in [6.45, 7) is 0. The zero-order chi connectivity index (χ0) is 17.3. The summed E-state index contributed by atoms with van der Waals surface area (Å²) >= 11 is 0. The van der Waals surface area contributed by atoms with Crippen LogP contribution in [0.5, 0.6) is 5.75 Å². The molecule has 0 spiro atoms. The molecule has 3 aromatic rings. The van der Waals surface area contributed by atoms with Crippen molar-refractivity contribution in [1.82, 2.24) is 9.97 Å². The topological polar surface area (TPSA) is 47.0 Å². The van der Waals surface area contributed by atoms with E-state index in [9.17, 15) is 17.6 Å². The van der Waals surface area contributed by atoms with Crippen LogP contribution in [0.25, 0.3) is 10.9 Å². The molecule has 1 aromatic heterocycles. The van der Waals surface area contributed by atoms with Gasteiger partial charge >= 0.3 is 6.18 Å². The smallest absolute Gasteiger partial charge is 0.451 e. The second-order valence-electron chi connectivity index (χ2n) is 4.85. The lowest BCUT2D eigenvalue weighted by Crippen LogP contribution is -2.13. The van der Waals surface area contributed by atoms with Crippen molar-refractivity contribution in [3.63, 3.8) is 0 Å². The van der Waals surface area contributed by atoms with Crippen molar-refractivity contribution in [2.75, 3.05) is 12.4 Å². The number of halogens is 4. The van der Waals surface area contributed by atoms with Gasteiger partial charge in [-0.1, -0.05) is 18.2 Å². The molecule has 124 valence electrons. The first-order valence-electron chi connectivity index (χ1n) is 6.83. The number of hydrogen-bond donors (Lipinski definition) is 1. The molecule has 1 N–H and O–H groups in total. The minimum Gasteiger partial charge on any atom is -0.495 e. The summed E-state index contributed by atoms with van der Waals surface area (Å²) in [5.41, 5.74) is -0.00499. The minimum atomic E-state index is -4.80. The zero-order valence-electron chi connectivity index (χ0n) is 12.4. The van der Waals surface area contributed by atoms with Gasteiger partial charge in [0.2, 0.25) is 5.82 Å². The van der Waals surface area contributed by atoms with Gasteiger partial charge in [0, 0.05) is 5.39 Å². The van der Waals surface area contributed by atoms with Gasteiger partial charge in [-0.3, -0.25) is 0 Å². The molecule has 0 unspecified atom stereocenters. The highest BCUT2D eigenvalue weighted by molar-refractivity contribution is 5.91. The Labute approximate surface area is 134 Å². The Morgan fingerprint density at radius 3 is 2.46 bits per heavy atom. The second-order valence-corrected chi connectivity index (χ2v) is 4.85. The van der Waals surface area contributed by atoms with Gasteiger partial charge in [0.25, 0.3) is 0 Å². The van der Waals surface area contributed by atoms with Gasteiger partial charge in [0.1, 0.15) is 22.9 Å². The highest BCUT2D eigenvalue weighted by Gasteiger charge is 2.36. The van der Waals surface area contributed by atoms with E-state index < -0.39 is 23.3 Å². The summed E-state index contributed by atoms with van der Waals surface area (Å²) < 4.78 is 58.1. The number of nitrogens with one attached hydrogen (secondary N) is 1. The Morgan fingerprint density at radius 1 is 1.00 bits per heavy atom. The standard InChI is InChI=1S/C16H11F4N3O/c1-24-12-8-3-2-7-11(12)21-14-9-5-4-6-10(17)13(9)22-15(23-14)16(18,19)20/h2-8H,1H3,(H,21,22,23). The third-order valence-electron chi connectivity index (χ3n) is 3.29. The molecule has 1 heterocycles. The molecule has 0 aliphatic rings. The largest absolute Gasteiger partial charge is 0.495 e. The minimum absolute atomic E-state index is 0.133. The average molecular weight is 337 g/mol. The molecule has 0 aliphatic heterocycles. The van der Waals surface area contributed by atoms with Crippen LogP contribution in [0, 0.1) is 5.82 Å². The number of aromatic nitrogens is 2. The summed E-state index contributed by atoms with van der Waals surface area (Å²) in [5, 5.41) is 2.90. The lowest BCUT2D eigenvalue weighted by atomic mass is 10.2. The number of methoxy groups -OCH3 is 1. The lowest BCUT2D eigenvalue weighted by molar-refractivity contribution is -0.144. The molecule has 24 heavy (non-hydrogen) atoms. The van der Waals surface area contributed by atoms with Gasteiger partial charge in [-0.15, -0.1) is 0 Å². The normalized spacial score (nSPS) is 11.5. The fourth-order valence-electron chi connectivity index (χ4n) is 2.21. The number of ether oxygens (including phenoxy) is 1. The fraction of sp³-hybridized carbons (Fsp3) is 0.125. The van der Waals surface area contributed by atoms with Crippen LogP contribution in [0.1, 0.15) is 5.82 Å². The quantitative estimate of drug-likeness (QED) is 0.713. The van der Waals surface area contributed by atoms with E-state index in [0.29, 0.717) is 11.4 Å². The van der Waals surface area contributed by atoms with Crippen LogP contribution in [0.3, 0.4) is 0 Å². The van der Waals surface area contributed by atoms with Gasteiger partial charge < -0.3 is 10.1 Å². The van der Waals surface area contributed by atoms with Crippen molar-refractivity contribution in [2.45, 2.75) is 6.18 Å². The Hall–Kier alpha value is -2.90. The Balaban J connectivity index is 2.21. The Morgan fingerprint density at radius 2 is 1.75 bits per heavy atom. The van der Waals surface area contributed by atoms with Gasteiger partial charge in [0.15, 0.2) is 0 Å². The summed E-state index contributed by atoms with van der Waals surface area (Å²) in [7, 11) is 1.43. The first-order chi connectivity index (χ1) is 11.4. The van der Waals surface area contributed by atoms with Gasteiger partial charge in [0.05, 0.1) is 12.8 Å². The molecule has 0 saturated heterocycles. The summed E-state index contributed by atoms with van der Waals surface area (Å²) in [5.74, 6) is -2.02. The monoisotopic (exact) mass is 337 g/mol. The molecule has 0 atom stereocenters. The molecular formula is C16H11F4N3O. The van der Waals surface area contributed by atoms with Crippen LogP contribution in [0.15, 0.2) is 42.5 Å². The predicted octanol–water partition coefficient (Wildman–Crippen LogP) is 4.54. The van der Waals surface area contributed by atoms with Crippen molar-refractivity contribution in [1.29, 1.82) is 0 Å². The summed E-state index contributed by atoms with van der Waals surface area (Å²) in [6.07, 6.45) is -4.80. The Kier molecular flexibility index (Phi) is 3.96. The fourth-order valence-corrected chi connectivity index (χ4v) is 2.21.